The van der Waals surface area contributed by atoms with Crippen LogP contribution in [0.5, 0.6) is 0 Å². The smallest absolute Gasteiger partial charge is 0.392 e. The van der Waals surface area contributed by atoms with Crippen molar-refractivity contribution in [2.24, 2.45) is 5.41 Å². The lowest BCUT2D eigenvalue weighted by Crippen LogP contribution is -2.64. The minimum Gasteiger partial charge on any atom is -0.392 e. The number of hydrogen-bond acceptors (Lipinski definition) is 12. The number of urea groups is 1. The van der Waals surface area contributed by atoms with Crippen LogP contribution in [0.25, 0.3) is 0 Å². The summed E-state index contributed by atoms with van der Waals surface area (Å²) >= 11 is 0. The number of amides is 2. The number of nitrogens with one attached hydrogen (secondary N) is 2. The molecule has 8 atom stereocenters. The van der Waals surface area contributed by atoms with Crippen molar-refractivity contribution in [3.63, 3.8) is 0 Å². The highest BCUT2D eigenvalue weighted by molar-refractivity contribution is 7.91. The topological polar surface area (TPSA) is 221 Å². The molecule has 3 aromatic carbocycles. The Morgan fingerprint density at radius 3 is 2.38 bits per heavy atom. The van der Waals surface area contributed by atoms with Gasteiger partial charge in [-0.25, -0.2) is 17.4 Å². The van der Waals surface area contributed by atoms with Gasteiger partial charge in [0.2, 0.25) is 0 Å². The minimum absolute atomic E-state index is 0.0531. The zero-order chi connectivity index (χ0) is 40.1. The van der Waals surface area contributed by atoms with Crippen molar-refractivity contribution in [1.82, 2.24) is 5.32 Å². The largest absolute Gasteiger partial charge is 0.397 e. The van der Waals surface area contributed by atoms with Gasteiger partial charge in [0.1, 0.15) is 24.4 Å². The maximum atomic E-state index is 14.0. The van der Waals surface area contributed by atoms with E-state index in [-0.39, 0.29) is 22.9 Å². The molecule has 302 valence electrons. The highest BCUT2D eigenvalue weighted by Gasteiger charge is 2.49. The van der Waals surface area contributed by atoms with Crippen molar-refractivity contribution in [3.05, 3.63) is 89.5 Å². The third-order valence-corrected chi connectivity index (χ3v) is 12.9. The van der Waals surface area contributed by atoms with E-state index in [4.69, 9.17) is 14.0 Å². The van der Waals surface area contributed by atoms with Crippen molar-refractivity contribution < 1.29 is 55.2 Å². The van der Waals surface area contributed by atoms with Gasteiger partial charge in [-0.15, -0.1) is 0 Å². The number of fused-ring (bicyclic) bond motifs is 1. The van der Waals surface area contributed by atoms with E-state index in [0.717, 1.165) is 18.5 Å². The standard InChI is InChI=1S/C38H51N3O12S2/c1-5-7-18-38(6-2)23-54(46,47)30-17-16-27(41(3)4)20-28(30)31(35(38)44)25-14-11-15-26(19-25)39-37(45)40-36-33(43)34(51-21-24-12-9-8-10-13-24)32(42)29(53-36)22-52-55(48,49)50/h8-17,19-20,29,31-36,42-44H,5-7,18,21-23H2,1-4H3,(H2,39,40,45)(H,48,49,50)/t29-,31+,32-,33-,34+,35+,36-,38-/m1/s1. The van der Waals surface area contributed by atoms with E-state index in [0.29, 0.717) is 29.5 Å². The van der Waals surface area contributed by atoms with Gasteiger partial charge in [0.25, 0.3) is 0 Å². The van der Waals surface area contributed by atoms with Crippen LogP contribution in [0.2, 0.25) is 0 Å². The lowest BCUT2D eigenvalue weighted by Gasteiger charge is -2.42. The van der Waals surface area contributed by atoms with Crippen LogP contribution in [-0.2, 0) is 40.5 Å². The van der Waals surface area contributed by atoms with Gasteiger partial charge in [0.15, 0.2) is 16.1 Å². The Morgan fingerprint density at radius 1 is 1.00 bits per heavy atom. The van der Waals surface area contributed by atoms with Crippen molar-refractivity contribution in [2.45, 2.75) is 93.7 Å². The highest BCUT2D eigenvalue weighted by Crippen LogP contribution is 2.49. The van der Waals surface area contributed by atoms with E-state index in [1.54, 1.807) is 72.8 Å². The number of nitrogens with zero attached hydrogens (tertiary/aromatic N) is 1. The van der Waals surface area contributed by atoms with E-state index in [9.17, 15) is 36.9 Å². The number of aliphatic hydroxyl groups is 3. The molecule has 0 saturated carbocycles. The van der Waals surface area contributed by atoms with Crippen molar-refractivity contribution in [3.8, 4) is 0 Å². The zero-order valence-corrected chi connectivity index (χ0v) is 32.9. The molecule has 2 aliphatic heterocycles. The molecule has 17 heteroatoms. The summed E-state index contributed by atoms with van der Waals surface area (Å²) in [7, 11) is -5.07. The van der Waals surface area contributed by atoms with Crippen LogP contribution >= 0.6 is 0 Å². The Morgan fingerprint density at radius 2 is 1.73 bits per heavy atom. The van der Waals surface area contributed by atoms with Crippen LogP contribution in [0.1, 0.15) is 62.1 Å². The molecule has 2 amide bonds. The van der Waals surface area contributed by atoms with Gasteiger partial charge in [0.05, 0.1) is 30.0 Å². The quantitative estimate of drug-likeness (QED) is 0.129. The Balaban J connectivity index is 1.43. The first-order valence-corrected chi connectivity index (χ1v) is 21.2. The van der Waals surface area contributed by atoms with E-state index in [2.05, 4.69) is 14.8 Å². The molecular formula is C38H51N3O12S2. The van der Waals surface area contributed by atoms with E-state index in [1.807, 2.05) is 32.8 Å². The Kier molecular flexibility index (Phi) is 13.6. The first-order valence-electron chi connectivity index (χ1n) is 18.2. The average Bonchev–Trinajstić information content (AvgIpc) is 3.21. The van der Waals surface area contributed by atoms with Crippen LogP contribution in [0.15, 0.2) is 77.7 Å². The molecule has 0 unspecified atom stereocenters. The molecule has 0 spiro atoms. The second-order valence-electron chi connectivity index (χ2n) is 14.4. The first kappa shape index (κ1) is 42.5. The van der Waals surface area contributed by atoms with Gasteiger partial charge >= 0.3 is 16.4 Å². The Hall–Kier alpha value is -3.65. The summed E-state index contributed by atoms with van der Waals surface area (Å²) in [5.74, 6) is -1.00. The summed E-state index contributed by atoms with van der Waals surface area (Å²) < 4.78 is 75.7. The molecular weight excluding hydrogens is 755 g/mol. The number of unbranched alkanes of at least 4 members (excludes halogenated alkanes) is 1. The number of carbonyl (C=O) groups excluding carboxylic acids is 1. The molecule has 0 aromatic heterocycles. The van der Waals surface area contributed by atoms with E-state index < -0.39 is 81.0 Å². The maximum Gasteiger partial charge on any atom is 0.397 e. The fraction of sp³-hybridized carbons (Fsp3) is 0.500. The molecule has 0 radical (unpaired) electrons. The van der Waals surface area contributed by atoms with Crippen LogP contribution in [-0.4, -0.2) is 106 Å². The van der Waals surface area contributed by atoms with Crippen LogP contribution < -0.4 is 15.5 Å². The van der Waals surface area contributed by atoms with Crippen molar-refractivity contribution >= 4 is 37.6 Å². The molecule has 1 saturated heterocycles. The monoisotopic (exact) mass is 805 g/mol. The predicted octanol–water partition coefficient (Wildman–Crippen LogP) is 3.59. The Bertz CT molecular complexity index is 2000. The van der Waals surface area contributed by atoms with Gasteiger partial charge in [0, 0.05) is 36.8 Å². The zero-order valence-electron chi connectivity index (χ0n) is 31.2. The highest BCUT2D eigenvalue weighted by atomic mass is 32.3. The summed E-state index contributed by atoms with van der Waals surface area (Å²) in [5.41, 5.74) is 1.78. The number of ether oxygens (including phenoxy) is 2. The molecule has 5 rings (SSSR count). The number of rotatable bonds is 14. The lowest BCUT2D eigenvalue weighted by atomic mass is 9.69. The fourth-order valence-corrected chi connectivity index (χ4v) is 9.98. The molecule has 15 nitrogen and oxygen atoms in total. The van der Waals surface area contributed by atoms with Gasteiger partial charge < -0.3 is 40.3 Å². The molecule has 55 heavy (non-hydrogen) atoms. The number of anilines is 2. The average molecular weight is 806 g/mol. The number of aliphatic hydroxyl groups excluding tert-OH is 3. The summed E-state index contributed by atoms with van der Waals surface area (Å²) in [5, 5.41) is 39.7. The molecule has 3 aromatic rings. The number of carbonyl (C=O) groups is 1. The third kappa shape index (κ3) is 10.0. The van der Waals surface area contributed by atoms with Gasteiger partial charge in [-0.05, 0) is 59.9 Å². The second-order valence-corrected chi connectivity index (χ2v) is 17.4. The Labute approximate surface area is 322 Å². The number of sulfone groups is 1. The molecule has 0 aliphatic carbocycles. The maximum absolute atomic E-state index is 14.0. The fourth-order valence-electron chi connectivity index (χ4n) is 7.42. The lowest BCUT2D eigenvalue weighted by molar-refractivity contribution is -0.246. The van der Waals surface area contributed by atoms with E-state index >= 15 is 0 Å². The summed E-state index contributed by atoms with van der Waals surface area (Å²) in [6, 6.07) is 19.8. The minimum atomic E-state index is -4.93. The SMILES string of the molecule is CCCC[C@]1(CC)CS(=O)(=O)c2ccc(N(C)C)cc2[C@H](c2cccc(NC(=O)N[C@@H]3O[C@H](COS(=O)(=O)O)[C@@H](O)[C@H](OCc4ccccc4)[C@H]3O)c2)[C@@H]1O. The first-order chi connectivity index (χ1) is 26.0. The summed E-state index contributed by atoms with van der Waals surface area (Å²) in [6.45, 7) is 3.00. The molecule has 0 bridgehead atoms. The van der Waals surface area contributed by atoms with Crippen LogP contribution in [0.4, 0.5) is 16.2 Å². The van der Waals surface area contributed by atoms with Crippen molar-refractivity contribution in [2.75, 3.05) is 36.7 Å². The summed E-state index contributed by atoms with van der Waals surface area (Å²) in [6.07, 6.45) is -6.32. The van der Waals surface area contributed by atoms with Crippen LogP contribution in [0, 0.1) is 5.41 Å². The molecule has 2 aliphatic rings. The van der Waals surface area contributed by atoms with Gasteiger partial charge in [-0.2, -0.15) is 8.42 Å². The third-order valence-electron chi connectivity index (χ3n) is 10.5. The van der Waals surface area contributed by atoms with E-state index in [1.165, 1.54) is 0 Å². The van der Waals surface area contributed by atoms with Gasteiger partial charge in [-0.1, -0.05) is 69.2 Å². The normalized spacial score (nSPS) is 27.7. The number of hydrogen-bond donors (Lipinski definition) is 6. The molecule has 6 N–H and O–H groups in total. The molecule has 2 heterocycles. The number of benzene rings is 3. The van der Waals surface area contributed by atoms with Gasteiger partial charge in [-0.3, -0.25) is 4.55 Å². The summed E-state index contributed by atoms with van der Waals surface area (Å²) in [4.78, 5) is 15.5. The molecule has 1 fully saturated rings. The van der Waals surface area contributed by atoms with Crippen LogP contribution in [0.3, 0.4) is 0 Å². The second kappa shape index (κ2) is 17.7. The van der Waals surface area contributed by atoms with Crippen molar-refractivity contribution in [1.29, 1.82) is 0 Å². The predicted molar refractivity (Wildman–Crippen MR) is 205 cm³/mol.